The second-order valence-electron chi connectivity index (χ2n) is 6.82. The van der Waals surface area contributed by atoms with E-state index in [1.807, 2.05) is 6.07 Å². The van der Waals surface area contributed by atoms with Crippen molar-refractivity contribution in [3.63, 3.8) is 0 Å². The van der Waals surface area contributed by atoms with Crippen LogP contribution in [0.2, 0.25) is 0 Å². The first-order valence-corrected chi connectivity index (χ1v) is 8.62. The Morgan fingerprint density at radius 3 is 2.25 bits per heavy atom. The largest absolute Gasteiger partial charge is 0.458 e. The summed E-state index contributed by atoms with van der Waals surface area (Å²) < 4.78 is 12.7. The molecule has 0 unspecified atom stereocenters. The Kier molecular flexibility index (Phi) is 2.35. The van der Waals surface area contributed by atoms with Crippen molar-refractivity contribution >= 4 is 23.1 Å². The number of hydrogen-bond acceptors (Lipinski definition) is 2. The summed E-state index contributed by atoms with van der Waals surface area (Å²) in [5.41, 5.74) is 6.46. The number of hydrogen-bond donors (Lipinski definition) is 0. The van der Waals surface area contributed by atoms with Crippen LogP contribution in [0.1, 0.15) is 17.5 Å². The number of para-hydroxylation sites is 2. The first-order chi connectivity index (χ1) is 11.9. The van der Waals surface area contributed by atoms with Crippen LogP contribution in [-0.2, 0) is 12.8 Å². The van der Waals surface area contributed by atoms with E-state index in [0.29, 0.717) is 0 Å². The van der Waals surface area contributed by atoms with E-state index in [9.17, 15) is 0 Å². The molecule has 2 heterocycles. The normalized spacial score (nSPS) is 15.6. The highest BCUT2D eigenvalue weighted by Gasteiger charge is 2.41. The molecule has 3 aromatic carbocycles. The Morgan fingerprint density at radius 1 is 0.750 bits per heavy atom. The maximum atomic E-state index is 6.40. The molecule has 0 atom stereocenters. The lowest BCUT2D eigenvalue weighted by molar-refractivity contribution is 0.461. The highest BCUT2D eigenvalue weighted by atomic mass is 16.5. The van der Waals surface area contributed by atoms with E-state index < -0.39 is 0 Å². The molecule has 0 saturated heterocycles. The zero-order chi connectivity index (χ0) is 15.7. The van der Waals surface area contributed by atoms with E-state index in [1.165, 1.54) is 33.9 Å². The smallest absolute Gasteiger partial charge is 0.260 e. The molecule has 0 N–H and O–H groups in total. The molecule has 0 spiro atoms. The van der Waals surface area contributed by atoms with Crippen LogP contribution in [0.15, 0.2) is 54.6 Å². The Balaban J connectivity index is 1.73. The third-order valence-electron chi connectivity index (χ3n) is 5.53. The molecule has 3 heteroatoms. The minimum Gasteiger partial charge on any atom is -0.458 e. The molecule has 3 aromatic rings. The molecule has 0 saturated carbocycles. The Morgan fingerprint density at radius 2 is 1.46 bits per heavy atom. The predicted molar refractivity (Wildman–Crippen MR) is 96.2 cm³/mol. The fraction of sp³-hybridized carbons (Fsp3) is 0.143. The van der Waals surface area contributed by atoms with Gasteiger partial charge in [-0.3, -0.25) is 0 Å². The van der Waals surface area contributed by atoms with Gasteiger partial charge in [-0.15, -0.1) is 0 Å². The topological polar surface area (TPSA) is 18.5 Å². The summed E-state index contributed by atoms with van der Waals surface area (Å²) >= 11 is 0. The third kappa shape index (κ3) is 1.52. The van der Waals surface area contributed by atoms with Gasteiger partial charge < -0.3 is 9.47 Å². The van der Waals surface area contributed by atoms with E-state index in [0.717, 1.165) is 35.8 Å². The van der Waals surface area contributed by atoms with Crippen LogP contribution in [-0.4, -0.2) is 6.71 Å². The SMILES string of the molecule is c1ccc2c(c1)Oc1cc3c(c4c1B2c1ccccc1O4)CCC3. The molecular formula is C21H15BO2. The molecule has 0 fully saturated rings. The summed E-state index contributed by atoms with van der Waals surface area (Å²) in [5, 5.41) is 0. The first kappa shape index (κ1) is 12.7. The standard InChI is InChI=1S/C21H15BO2/c1-3-10-17-15(8-1)22-16-9-2-4-11-18(16)24-21-14-7-5-6-13(14)12-19(23-17)20(21)22/h1-4,8-12H,5-7H2. The second kappa shape index (κ2) is 4.44. The summed E-state index contributed by atoms with van der Waals surface area (Å²) in [6.45, 7) is 0.204. The van der Waals surface area contributed by atoms with Crippen LogP contribution in [0, 0.1) is 0 Å². The molecule has 3 aliphatic rings. The number of ether oxygens (including phenoxy) is 2. The molecule has 114 valence electrons. The van der Waals surface area contributed by atoms with Crippen molar-refractivity contribution < 1.29 is 9.47 Å². The van der Waals surface area contributed by atoms with Crippen LogP contribution < -0.4 is 25.9 Å². The van der Waals surface area contributed by atoms with Gasteiger partial charge in [0.25, 0.3) is 6.71 Å². The molecule has 2 aliphatic heterocycles. The summed E-state index contributed by atoms with van der Waals surface area (Å²) in [5.74, 6) is 3.98. The van der Waals surface area contributed by atoms with Crippen molar-refractivity contribution in [1.29, 1.82) is 0 Å². The monoisotopic (exact) mass is 310 g/mol. The van der Waals surface area contributed by atoms with Crippen LogP contribution >= 0.6 is 0 Å². The molecule has 0 radical (unpaired) electrons. The van der Waals surface area contributed by atoms with Crippen molar-refractivity contribution in [3.8, 4) is 23.0 Å². The highest BCUT2D eigenvalue weighted by molar-refractivity contribution is 6.98. The van der Waals surface area contributed by atoms with E-state index in [4.69, 9.17) is 9.47 Å². The lowest BCUT2D eigenvalue weighted by atomic mass is 9.34. The van der Waals surface area contributed by atoms with Gasteiger partial charge in [0.1, 0.15) is 23.0 Å². The van der Waals surface area contributed by atoms with Gasteiger partial charge in [0.05, 0.1) is 0 Å². The Hall–Kier alpha value is -2.68. The van der Waals surface area contributed by atoms with Gasteiger partial charge in [-0.05, 0) is 59.5 Å². The third-order valence-corrected chi connectivity index (χ3v) is 5.53. The minimum atomic E-state index is 0.204. The zero-order valence-corrected chi connectivity index (χ0v) is 13.2. The van der Waals surface area contributed by atoms with Crippen molar-refractivity contribution in [2.45, 2.75) is 19.3 Å². The van der Waals surface area contributed by atoms with E-state index in [1.54, 1.807) is 0 Å². The van der Waals surface area contributed by atoms with Gasteiger partial charge in [-0.25, -0.2) is 0 Å². The summed E-state index contributed by atoms with van der Waals surface area (Å²) in [6.07, 6.45) is 3.43. The van der Waals surface area contributed by atoms with Crippen molar-refractivity contribution in [2.24, 2.45) is 0 Å². The number of benzene rings is 3. The fourth-order valence-corrected chi connectivity index (χ4v) is 4.50. The van der Waals surface area contributed by atoms with Gasteiger partial charge in [0, 0.05) is 5.46 Å². The van der Waals surface area contributed by atoms with Gasteiger partial charge in [0.2, 0.25) is 0 Å². The molecule has 1 aliphatic carbocycles. The molecule has 0 bridgehead atoms. The minimum absolute atomic E-state index is 0.204. The van der Waals surface area contributed by atoms with Crippen LogP contribution in [0.4, 0.5) is 0 Å². The quantitative estimate of drug-likeness (QED) is 0.410. The maximum Gasteiger partial charge on any atom is 0.260 e. The van der Waals surface area contributed by atoms with E-state index in [2.05, 4.69) is 48.5 Å². The predicted octanol–water partition coefficient (Wildman–Crippen LogP) is 2.90. The lowest BCUT2D eigenvalue weighted by Crippen LogP contribution is -2.57. The van der Waals surface area contributed by atoms with Crippen LogP contribution in [0.5, 0.6) is 23.0 Å². The Bertz CT molecular complexity index is 998. The van der Waals surface area contributed by atoms with Crippen molar-refractivity contribution in [1.82, 2.24) is 0 Å². The molecule has 0 amide bonds. The number of rotatable bonds is 0. The van der Waals surface area contributed by atoms with E-state index in [-0.39, 0.29) is 6.71 Å². The van der Waals surface area contributed by atoms with Crippen molar-refractivity contribution in [3.05, 3.63) is 65.7 Å². The maximum absolute atomic E-state index is 6.40. The van der Waals surface area contributed by atoms with Crippen LogP contribution in [0.3, 0.4) is 0 Å². The average molecular weight is 310 g/mol. The van der Waals surface area contributed by atoms with Gasteiger partial charge in [-0.2, -0.15) is 0 Å². The average Bonchev–Trinajstić information content (AvgIpc) is 3.10. The van der Waals surface area contributed by atoms with Crippen molar-refractivity contribution in [2.75, 3.05) is 0 Å². The lowest BCUT2D eigenvalue weighted by Gasteiger charge is -2.34. The van der Waals surface area contributed by atoms with E-state index >= 15 is 0 Å². The molecule has 24 heavy (non-hydrogen) atoms. The summed E-state index contributed by atoms with van der Waals surface area (Å²) in [4.78, 5) is 0. The highest BCUT2D eigenvalue weighted by Crippen LogP contribution is 2.41. The summed E-state index contributed by atoms with van der Waals surface area (Å²) in [6, 6.07) is 19.1. The molecule has 6 rings (SSSR count). The first-order valence-electron chi connectivity index (χ1n) is 8.62. The fourth-order valence-electron chi connectivity index (χ4n) is 4.50. The molecule has 2 nitrogen and oxygen atoms in total. The van der Waals surface area contributed by atoms with Gasteiger partial charge >= 0.3 is 0 Å². The molecule has 0 aromatic heterocycles. The van der Waals surface area contributed by atoms with Gasteiger partial charge in [0.15, 0.2) is 0 Å². The van der Waals surface area contributed by atoms with Gasteiger partial charge in [-0.1, -0.05) is 36.4 Å². The second-order valence-corrected chi connectivity index (χ2v) is 6.82. The molecular weight excluding hydrogens is 295 g/mol. The number of aryl methyl sites for hydroxylation is 1. The summed E-state index contributed by atoms with van der Waals surface area (Å²) in [7, 11) is 0. The number of fused-ring (bicyclic) bond motifs is 6. The Labute approximate surface area is 141 Å². The zero-order valence-electron chi connectivity index (χ0n) is 13.2. The van der Waals surface area contributed by atoms with Crippen LogP contribution in [0.25, 0.3) is 0 Å².